The van der Waals surface area contributed by atoms with Crippen LogP contribution in [0.15, 0.2) is 14.3 Å². The Balaban J connectivity index is 1.66. The van der Waals surface area contributed by atoms with Crippen molar-refractivity contribution in [2.75, 3.05) is 0 Å². The number of thiophene rings is 1. The van der Waals surface area contributed by atoms with Crippen LogP contribution in [-0.2, 0) is 19.5 Å². The van der Waals surface area contributed by atoms with Crippen molar-refractivity contribution in [3.63, 3.8) is 0 Å². The van der Waals surface area contributed by atoms with Crippen molar-refractivity contribution in [2.45, 2.75) is 38.9 Å². The number of aromatic nitrogens is 3. The van der Waals surface area contributed by atoms with Gasteiger partial charge in [0, 0.05) is 28.9 Å². The van der Waals surface area contributed by atoms with Crippen molar-refractivity contribution in [3.05, 3.63) is 30.9 Å². The van der Waals surface area contributed by atoms with E-state index in [1.165, 1.54) is 11.3 Å². The molecule has 3 rings (SSSR count). The third kappa shape index (κ3) is 2.79. The predicted octanol–water partition coefficient (Wildman–Crippen LogP) is 3.66. The molecule has 2 aromatic rings. The topological polar surface area (TPSA) is 42.7 Å². The summed E-state index contributed by atoms with van der Waals surface area (Å²) in [5.74, 6) is 2.19. The standard InChI is InChI=1S/C12H14Br2N4S/c1-7(12-17-16-10-3-2-4-18(10)12)15-6-8-5-9(13)11(14)19-8/h5,7,15H,2-4,6H2,1H3. The van der Waals surface area contributed by atoms with E-state index in [2.05, 4.69) is 64.9 Å². The Labute approximate surface area is 132 Å². The minimum atomic E-state index is 0.221. The highest BCUT2D eigenvalue weighted by Crippen LogP contribution is 2.32. The van der Waals surface area contributed by atoms with E-state index >= 15 is 0 Å². The van der Waals surface area contributed by atoms with Gasteiger partial charge in [-0.25, -0.2) is 0 Å². The van der Waals surface area contributed by atoms with E-state index in [0.717, 1.165) is 39.4 Å². The number of nitrogens with one attached hydrogen (secondary N) is 1. The van der Waals surface area contributed by atoms with Crippen LogP contribution in [-0.4, -0.2) is 14.8 Å². The molecule has 0 saturated heterocycles. The maximum Gasteiger partial charge on any atom is 0.149 e. The van der Waals surface area contributed by atoms with Crippen molar-refractivity contribution in [1.29, 1.82) is 0 Å². The monoisotopic (exact) mass is 404 g/mol. The van der Waals surface area contributed by atoms with Gasteiger partial charge >= 0.3 is 0 Å². The zero-order chi connectivity index (χ0) is 13.4. The van der Waals surface area contributed by atoms with Crippen molar-refractivity contribution in [1.82, 2.24) is 20.1 Å². The second-order valence-corrected chi connectivity index (χ2v) is 7.98. The molecule has 0 bridgehead atoms. The number of hydrogen-bond donors (Lipinski definition) is 1. The van der Waals surface area contributed by atoms with Crippen LogP contribution in [0.2, 0.25) is 0 Å². The molecular formula is C12H14Br2N4S. The highest BCUT2D eigenvalue weighted by molar-refractivity contribution is 9.13. The highest BCUT2D eigenvalue weighted by atomic mass is 79.9. The molecule has 0 saturated carbocycles. The molecule has 0 amide bonds. The summed E-state index contributed by atoms with van der Waals surface area (Å²) >= 11 is 8.78. The lowest BCUT2D eigenvalue weighted by Crippen LogP contribution is -2.21. The lowest BCUT2D eigenvalue weighted by Gasteiger charge is -2.12. The van der Waals surface area contributed by atoms with Gasteiger partial charge in [0.15, 0.2) is 0 Å². The summed E-state index contributed by atoms with van der Waals surface area (Å²) in [5, 5.41) is 12.1. The van der Waals surface area contributed by atoms with Gasteiger partial charge in [0.25, 0.3) is 0 Å². The highest BCUT2D eigenvalue weighted by Gasteiger charge is 2.21. The van der Waals surface area contributed by atoms with E-state index in [4.69, 9.17) is 0 Å². The van der Waals surface area contributed by atoms with E-state index in [1.54, 1.807) is 11.3 Å². The summed E-state index contributed by atoms with van der Waals surface area (Å²) in [4.78, 5) is 1.30. The van der Waals surface area contributed by atoms with Crippen LogP contribution < -0.4 is 5.32 Å². The zero-order valence-corrected chi connectivity index (χ0v) is 14.5. The van der Waals surface area contributed by atoms with Crippen LogP contribution in [0, 0.1) is 0 Å². The van der Waals surface area contributed by atoms with Crippen molar-refractivity contribution in [3.8, 4) is 0 Å². The van der Waals surface area contributed by atoms with Gasteiger partial charge < -0.3 is 9.88 Å². The number of nitrogens with zero attached hydrogens (tertiary/aromatic N) is 3. The van der Waals surface area contributed by atoms with Crippen LogP contribution in [0.25, 0.3) is 0 Å². The van der Waals surface area contributed by atoms with E-state index in [1.807, 2.05) is 0 Å². The second-order valence-electron chi connectivity index (χ2n) is 4.67. The summed E-state index contributed by atoms with van der Waals surface area (Å²) in [6.07, 6.45) is 2.25. The summed E-state index contributed by atoms with van der Waals surface area (Å²) < 4.78 is 4.50. The van der Waals surface area contributed by atoms with Gasteiger partial charge in [-0.05, 0) is 51.3 Å². The Morgan fingerprint density at radius 3 is 3.05 bits per heavy atom. The average molecular weight is 406 g/mol. The normalized spacial score (nSPS) is 15.7. The molecule has 0 spiro atoms. The SMILES string of the molecule is CC(NCc1cc(Br)c(Br)s1)c1nnc2n1CCC2. The van der Waals surface area contributed by atoms with Crippen LogP contribution in [0.3, 0.4) is 0 Å². The number of fused-ring (bicyclic) bond motifs is 1. The summed E-state index contributed by atoms with van der Waals surface area (Å²) in [6, 6.07) is 2.36. The van der Waals surface area contributed by atoms with E-state index in [9.17, 15) is 0 Å². The Morgan fingerprint density at radius 1 is 1.47 bits per heavy atom. The Hall–Kier alpha value is -0.240. The van der Waals surface area contributed by atoms with Crippen LogP contribution in [0.4, 0.5) is 0 Å². The molecule has 19 heavy (non-hydrogen) atoms. The Bertz CT molecular complexity index is 573. The third-order valence-corrected chi connectivity index (χ3v) is 6.56. The third-order valence-electron chi connectivity index (χ3n) is 3.30. The summed E-state index contributed by atoms with van der Waals surface area (Å²) in [6.45, 7) is 4.05. The Kier molecular flexibility index (Phi) is 4.07. The molecule has 0 radical (unpaired) electrons. The van der Waals surface area contributed by atoms with Crippen LogP contribution in [0.1, 0.15) is 35.9 Å². The summed E-state index contributed by atoms with van der Waals surface area (Å²) in [5.41, 5.74) is 0. The molecule has 7 heteroatoms. The molecule has 102 valence electrons. The van der Waals surface area contributed by atoms with Gasteiger partial charge in [0.05, 0.1) is 9.83 Å². The van der Waals surface area contributed by atoms with Crippen molar-refractivity contribution in [2.24, 2.45) is 0 Å². The number of aryl methyl sites for hydroxylation is 1. The summed E-state index contributed by atoms with van der Waals surface area (Å²) in [7, 11) is 0. The van der Waals surface area contributed by atoms with Crippen molar-refractivity contribution < 1.29 is 0 Å². The average Bonchev–Trinajstić information content (AvgIpc) is 3.03. The first kappa shape index (κ1) is 13.7. The first-order valence-corrected chi connectivity index (χ1v) is 8.64. The second kappa shape index (κ2) is 5.63. The molecule has 1 unspecified atom stereocenters. The molecule has 0 fully saturated rings. The number of rotatable bonds is 4. The van der Waals surface area contributed by atoms with E-state index in [0.29, 0.717) is 0 Å². The first-order chi connectivity index (χ1) is 9.15. The van der Waals surface area contributed by atoms with Gasteiger partial charge in [0.1, 0.15) is 11.6 Å². The van der Waals surface area contributed by atoms with E-state index < -0.39 is 0 Å². The molecule has 4 nitrogen and oxygen atoms in total. The minimum absolute atomic E-state index is 0.221. The first-order valence-electron chi connectivity index (χ1n) is 6.24. The molecule has 1 atom stereocenters. The maximum absolute atomic E-state index is 4.31. The van der Waals surface area contributed by atoms with E-state index in [-0.39, 0.29) is 6.04 Å². The zero-order valence-electron chi connectivity index (χ0n) is 10.5. The fraction of sp³-hybridized carbons (Fsp3) is 0.500. The molecule has 1 N–H and O–H groups in total. The van der Waals surface area contributed by atoms with Gasteiger partial charge in [-0.3, -0.25) is 0 Å². The van der Waals surface area contributed by atoms with Crippen LogP contribution in [0.5, 0.6) is 0 Å². The molecule has 3 heterocycles. The lowest BCUT2D eigenvalue weighted by molar-refractivity contribution is 0.518. The van der Waals surface area contributed by atoms with Crippen molar-refractivity contribution >= 4 is 43.2 Å². The molecule has 0 aliphatic carbocycles. The fourth-order valence-electron chi connectivity index (χ4n) is 2.32. The van der Waals surface area contributed by atoms with Gasteiger partial charge in [-0.15, -0.1) is 21.5 Å². The maximum atomic E-state index is 4.31. The quantitative estimate of drug-likeness (QED) is 0.843. The predicted molar refractivity (Wildman–Crippen MR) is 83.3 cm³/mol. The van der Waals surface area contributed by atoms with Gasteiger partial charge in [-0.2, -0.15) is 0 Å². The molecule has 1 aliphatic rings. The van der Waals surface area contributed by atoms with Gasteiger partial charge in [-0.1, -0.05) is 0 Å². The fourth-order valence-corrected chi connectivity index (χ4v) is 4.44. The largest absolute Gasteiger partial charge is 0.314 e. The molecule has 1 aliphatic heterocycles. The number of halogens is 2. The molecule has 2 aromatic heterocycles. The van der Waals surface area contributed by atoms with Gasteiger partial charge in [0.2, 0.25) is 0 Å². The number of hydrogen-bond acceptors (Lipinski definition) is 4. The van der Waals surface area contributed by atoms with Crippen LogP contribution >= 0.6 is 43.2 Å². The Morgan fingerprint density at radius 2 is 2.32 bits per heavy atom. The molecule has 0 aromatic carbocycles. The minimum Gasteiger partial charge on any atom is -0.314 e. The molecular weight excluding hydrogens is 392 g/mol. The lowest BCUT2D eigenvalue weighted by atomic mass is 10.3. The smallest absolute Gasteiger partial charge is 0.149 e.